The molecule has 0 spiro atoms. The van der Waals surface area contributed by atoms with Gasteiger partial charge in [0.25, 0.3) is 0 Å². The quantitative estimate of drug-likeness (QED) is 0.554. The van der Waals surface area contributed by atoms with Crippen molar-refractivity contribution in [3.05, 3.63) is 34.5 Å². The molecule has 1 fully saturated rings. The fourth-order valence-corrected chi connectivity index (χ4v) is 2.37. The molecule has 0 aliphatic heterocycles. The number of thiophene rings is 1. The second-order valence-electron chi connectivity index (χ2n) is 4.15. The van der Waals surface area contributed by atoms with Gasteiger partial charge in [0.2, 0.25) is 0 Å². The molecule has 2 rings (SSSR count). The van der Waals surface area contributed by atoms with E-state index in [2.05, 4.69) is 24.0 Å². The van der Waals surface area contributed by atoms with Crippen LogP contribution < -0.4 is 5.32 Å². The maximum atomic E-state index is 5.53. The van der Waals surface area contributed by atoms with Crippen molar-refractivity contribution in [3.63, 3.8) is 0 Å². The van der Waals surface area contributed by atoms with Crippen LogP contribution in [0.2, 0.25) is 0 Å². The Balaban J connectivity index is 1.66. The Morgan fingerprint density at radius 3 is 3.00 bits per heavy atom. The van der Waals surface area contributed by atoms with Crippen LogP contribution >= 0.6 is 11.3 Å². The van der Waals surface area contributed by atoms with Crippen molar-refractivity contribution in [2.45, 2.75) is 38.5 Å². The van der Waals surface area contributed by atoms with Gasteiger partial charge in [0, 0.05) is 22.3 Å². The highest BCUT2D eigenvalue weighted by molar-refractivity contribution is 7.11. The maximum Gasteiger partial charge on any atom is 0.0809 e. The first-order chi connectivity index (χ1) is 7.88. The summed E-state index contributed by atoms with van der Waals surface area (Å²) in [4.78, 5) is 2.73. The Bertz CT molecular complexity index is 330. The van der Waals surface area contributed by atoms with Crippen molar-refractivity contribution < 1.29 is 4.74 Å². The van der Waals surface area contributed by atoms with E-state index in [-0.39, 0.29) is 0 Å². The van der Waals surface area contributed by atoms with Gasteiger partial charge in [-0.2, -0.15) is 0 Å². The zero-order valence-electron chi connectivity index (χ0n) is 9.58. The molecule has 1 aliphatic carbocycles. The van der Waals surface area contributed by atoms with Crippen molar-refractivity contribution in [3.8, 4) is 0 Å². The smallest absolute Gasteiger partial charge is 0.0809 e. The summed E-state index contributed by atoms with van der Waals surface area (Å²) in [6.45, 7) is 6.20. The van der Waals surface area contributed by atoms with Crippen LogP contribution in [0, 0.1) is 0 Å². The number of ether oxygens (including phenoxy) is 1. The van der Waals surface area contributed by atoms with Gasteiger partial charge in [-0.1, -0.05) is 6.08 Å². The van der Waals surface area contributed by atoms with Gasteiger partial charge in [-0.3, -0.25) is 0 Å². The van der Waals surface area contributed by atoms with E-state index in [1.165, 1.54) is 22.6 Å². The first-order valence-corrected chi connectivity index (χ1v) is 6.70. The third kappa shape index (κ3) is 4.08. The molecule has 16 heavy (non-hydrogen) atoms. The number of hydrogen-bond donors (Lipinski definition) is 1. The Morgan fingerprint density at radius 2 is 2.25 bits per heavy atom. The molecule has 0 amide bonds. The summed E-state index contributed by atoms with van der Waals surface area (Å²) in [6.07, 6.45) is 5.52. The second-order valence-corrected chi connectivity index (χ2v) is 5.41. The van der Waals surface area contributed by atoms with Crippen LogP contribution in [0.15, 0.2) is 24.8 Å². The molecule has 1 aromatic heterocycles. The molecule has 1 aliphatic rings. The first-order valence-electron chi connectivity index (χ1n) is 5.88. The Hall–Kier alpha value is -0.640. The third-order valence-electron chi connectivity index (χ3n) is 2.57. The van der Waals surface area contributed by atoms with E-state index in [1.54, 1.807) is 0 Å². The number of nitrogens with one attached hydrogen (secondary N) is 1. The van der Waals surface area contributed by atoms with Crippen LogP contribution in [0.5, 0.6) is 0 Å². The lowest BCUT2D eigenvalue weighted by Crippen LogP contribution is -2.14. The average Bonchev–Trinajstić information content (AvgIpc) is 3.02. The molecular weight excluding hydrogens is 218 g/mol. The van der Waals surface area contributed by atoms with Gasteiger partial charge in [0.1, 0.15) is 0 Å². The molecule has 0 radical (unpaired) electrons. The summed E-state index contributed by atoms with van der Waals surface area (Å²) in [5.41, 5.74) is 0. The van der Waals surface area contributed by atoms with Crippen LogP contribution in [0.1, 0.15) is 29.0 Å². The highest BCUT2D eigenvalue weighted by atomic mass is 32.1. The number of hydrogen-bond acceptors (Lipinski definition) is 3. The fourth-order valence-electron chi connectivity index (χ4n) is 1.47. The van der Waals surface area contributed by atoms with Gasteiger partial charge >= 0.3 is 0 Å². The summed E-state index contributed by atoms with van der Waals surface area (Å²) >= 11 is 1.85. The highest BCUT2D eigenvalue weighted by Crippen LogP contribution is 2.22. The third-order valence-corrected chi connectivity index (χ3v) is 3.63. The molecule has 2 nitrogen and oxygen atoms in total. The molecule has 0 aromatic carbocycles. The molecule has 88 valence electrons. The van der Waals surface area contributed by atoms with Crippen LogP contribution in [0.25, 0.3) is 0 Å². The monoisotopic (exact) mass is 237 g/mol. The summed E-state index contributed by atoms with van der Waals surface area (Å²) in [5.74, 6) is 0. The molecule has 0 atom stereocenters. The van der Waals surface area contributed by atoms with E-state index in [4.69, 9.17) is 4.74 Å². The molecule has 0 bridgehead atoms. The highest BCUT2D eigenvalue weighted by Gasteiger charge is 2.20. The standard InChI is InChI=1S/C13H19NOS/c1-2-3-8-15-10-13-7-6-12(16-13)9-14-11-4-5-11/h2,6-7,11,14H,1,3-5,8-10H2. The van der Waals surface area contributed by atoms with E-state index < -0.39 is 0 Å². The lowest BCUT2D eigenvalue weighted by atomic mass is 10.4. The minimum Gasteiger partial charge on any atom is -0.376 e. The normalized spacial score (nSPS) is 15.2. The van der Waals surface area contributed by atoms with Gasteiger partial charge in [-0.15, -0.1) is 17.9 Å². The molecule has 1 heterocycles. The average molecular weight is 237 g/mol. The van der Waals surface area contributed by atoms with Crippen molar-refractivity contribution in [2.75, 3.05) is 6.61 Å². The molecule has 3 heteroatoms. The summed E-state index contributed by atoms with van der Waals surface area (Å²) in [5, 5.41) is 3.52. The minimum absolute atomic E-state index is 0.738. The Morgan fingerprint density at radius 1 is 1.44 bits per heavy atom. The second kappa shape index (κ2) is 6.18. The topological polar surface area (TPSA) is 21.3 Å². The van der Waals surface area contributed by atoms with E-state index in [0.717, 1.165) is 32.2 Å². The number of rotatable bonds is 8. The fraction of sp³-hybridized carbons (Fsp3) is 0.538. The van der Waals surface area contributed by atoms with E-state index in [9.17, 15) is 0 Å². The SMILES string of the molecule is C=CCCOCc1ccc(CNC2CC2)s1. The van der Waals surface area contributed by atoms with Crippen LogP contribution in [0.4, 0.5) is 0 Å². The van der Waals surface area contributed by atoms with Crippen molar-refractivity contribution in [1.29, 1.82) is 0 Å². The predicted molar refractivity (Wildman–Crippen MR) is 68.7 cm³/mol. The molecule has 0 unspecified atom stereocenters. The Kier molecular flexibility index (Phi) is 4.57. The summed E-state index contributed by atoms with van der Waals surface area (Å²) in [7, 11) is 0. The lowest BCUT2D eigenvalue weighted by molar-refractivity contribution is 0.127. The first kappa shape index (κ1) is 11.8. The molecule has 1 N–H and O–H groups in total. The summed E-state index contributed by atoms with van der Waals surface area (Å²) in [6, 6.07) is 5.16. The van der Waals surface area contributed by atoms with Crippen LogP contribution in [0.3, 0.4) is 0 Å². The van der Waals surface area contributed by atoms with Gasteiger partial charge in [0.15, 0.2) is 0 Å². The largest absolute Gasteiger partial charge is 0.376 e. The van der Waals surface area contributed by atoms with Gasteiger partial charge in [0.05, 0.1) is 13.2 Å². The molecule has 1 saturated carbocycles. The maximum absolute atomic E-state index is 5.53. The zero-order chi connectivity index (χ0) is 11.2. The van der Waals surface area contributed by atoms with E-state index in [1.807, 2.05) is 17.4 Å². The van der Waals surface area contributed by atoms with Gasteiger partial charge < -0.3 is 10.1 Å². The Labute approximate surface area is 101 Å². The van der Waals surface area contributed by atoms with Crippen molar-refractivity contribution in [2.24, 2.45) is 0 Å². The van der Waals surface area contributed by atoms with Crippen molar-refractivity contribution in [1.82, 2.24) is 5.32 Å². The zero-order valence-corrected chi connectivity index (χ0v) is 10.4. The molecule has 0 saturated heterocycles. The van der Waals surface area contributed by atoms with Crippen LogP contribution in [-0.4, -0.2) is 12.6 Å². The molecular formula is C13H19NOS. The van der Waals surface area contributed by atoms with Crippen molar-refractivity contribution >= 4 is 11.3 Å². The van der Waals surface area contributed by atoms with E-state index >= 15 is 0 Å². The van der Waals surface area contributed by atoms with Crippen LogP contribution in [-0.2, 0) is 17.9 Å². The minimum atomic E-state index is 0.738. The summed E-state index contributed by atoms with van der Waals surface area (Å²) < 4.78 is 5.53. The molecule has 1 aromatic rings. The van der Waals surface area contributed by atoms with E-state index in [0.29, 0.717) is 0 Å². The predicted octanol–water partition coefficient (Wildman–Crippen LogP) is 3.09. The van der Waals surface area contributed by atoms with Gasteiger partial charge in [-0.05, 0) is 31.4 Å². The lowest BCUT2D eigenvalue weighted by Gasteiger charge is -2.00. The van der Waals surface area contributed by atoms with Gasteiger partial charge in [-0.25, -0.2) is 0 Å².